The first-order valence-corrected chi connectivity index (χ1v) is 11.5. The summed E-state index contributed by atoms with van der Waals surface area (Å²) in [6.45, 7) is 0. The van der Waals surface area contributed by atoms with Crippen LogP contribution in [-0.4, -0.2) is 32.2 Å². The minimum absolute atomic E-state index is 0.0619. The van der Waals surface area contributed by atoms with Crippen LogP contribution in [0.25, 0.3) is 0 Å². The van der Waals surface area contributed by atoms with E-state index in [9.17, 15) is 9.90 Å². The summed E-state index contributed by atoms with van der Waals surface area (Å²) in [7, 11) is 4.75. The van der Waals surface area contributed by atoms with E-state index in [0.29, 0.717) is 30.1 Å². The molecule has 7 nitrogen and oxygen atoms in total. The fourth-order valence-electron chi connectivity index (χ4n) is 4.98. The molecule has 0 saturated heterocycles. The highest BCUT2D eigenvalue weighted by molar-refractivity contribution is 6.01. The molecule has 1 aliphatic heterocycles. The molecule has 0 aromatic heterocycles. The maximum Gasteiger partial charge on any atom is 0.203 e. The van der Waals surface area contributed by atoms with E-state index >= 15 is 0 Å². The predicted molar refractivity (Wildman–Crippen MR) is 135 cm³/mol. The third kappa shape index (κ3) is 4.14. The molecule has 7 heteroatoms. The van der Waals surface area contributed by atoms with Gasteiger partial charge < -0.3 is 30.0 Å². The largest absolute Gasteiger partial charge is 0.508 e. The molecule has 0 saturated carbocycles. The Labute approximate surface area is 204 Å². The number of hydrogen-bond acceptors (Lipinski definition) is 7. The van der Waals surface area contributed by atoms with Crippen LogP contribution in [0.1, 0.15) is 35.9 Å². The number of carbonyl (C=O) groups excluding carboxylic acids is 1. The van der Waals surface area contributed by atoms with Crippen molar-refractivity contribution in [3.63, 3.8) is 0 Å². The van der Waals surface area contributed by atoms with Gasteiger partial charge in [-0.15, -0.1) is 0 Å². The van der Waals surface area contributed by atoms with Crippen molar-refractivity contribution in [3.05, 3.63) is 83.1 Å². The Morgan fingerprint density at radius 2 is 1.49 bits per heavy atom. The van der Waals surface area contributed by atoms with Crippen molar-refractivity contribution < 1.29 is 24.1 Å². The molecule has 35 heavy (non-hydrogen) atoms. The second kappa shape index (κ2) is 9.25. The molecule has 2 atom stereocenters. The third-order valence-electron chi connectivity index (χ3n) is 6.69. The number of fused-ring (bicyclic) bond motifs is 1. The zero-order valence-corrected chi connectivity index (χ0v) is 19.9. The molecular weight excluding hydrogens is 444 g/mol. The number of aromatic hydroxyl groups is 1. The number of phenolic OH excluding ortho intramolecular Hbond substituents is 1. The number of ketones is 1. The molecule has 180 valence electrons. The third-order valence-corrected chi connectivity index (χ3v) is 6.69. The lowest BCUT2D eigenvalue weighted by molar-refractivity contribution is -0.116. The topological polar surface area (TPSA) is 89.1 Å². The minimum Gasteiger partial charge on any atom is -0.508 e. The van der Waals surface area contributed by atoms with Gasteiger partial charge in [-0.3, -0.25) is 4.79 Å². The molecule has 1 heterocycles. The van der Waals surface area contributed by atoms with Crippen molar-refractivity contribution in [2.75, 3.05) is 32.0 Å². The number of nitrogens with one attached hydrogen (secondary N) is 2. The highest BCUT2D eigenvalue weighted by Gasteiger charge is 2.36. The van der Waals surface area contributed by atoms with Gasteiger partial charge in [0.2, 0.25) is 5.75 Å². The van der Waals surface area contributed by atoms with Crippen LogP contribution in [-0.2, 0) is 4.79 Å². The molecule has 0 fully saturated rings. The zero-order valence-electron chi connectivity index (χ0n) is 19.9. The van der Waals surface area contributed by atoms with Gasteiger partial charge in [-0.05, 0) is 59.9 Å². The Morgan fingerprint density at radius 3 is 2.11 bits per heavy atom. The number of anilines is 2. The Balaban J connectivity index is 1.59. The summed E-state index contributed by atoms with van der Waals surface area (Å²) in [5.74, 6) is 1.85. The van der Waals surface area contributed by atoms with Crippen LogP contribution in [0, 0.1) is 0 Å². The molecule has 0 unspecified atom stereocenters. The molecule has 0 radical (unpaired) electrons. The number of Topliss-reactive ketones (excluding diaryl/α,β-unsaturated/α-hetero) is 1. The average molecular weight is 473 g/mol. The second-order valence-electron chi connectivity index (χ2n) is 8.72. The van der Waals surface area contributed by atoms with Crippen molar-refractivity contribution in [1.29, 1.82) is 0 Å². The van der Waals surface area contributed by atoms with Gasteiger partial charge in [-0.25, -0.2) is 0 Å². The minimum atomic E-state index is -0.338. The van der Waals surface area contributed by atoms with Gasteiger partial charge in [0.15, 0.2) is 17.3 Å². The van der Waals surface area contributed by atoms with Crippen LogP contribution >= 0.6 is 0 Å². The van der Waals surface area contributed by atoms with E-state index in [1.54, 1.807) is 33.5 Å². The monoisotopic (exact) mass is 472 g/mol. The van der Waals surface area contributed by atoms with Crippen molar-refractivity contribution >= 4 is 17.2 Å². The van der Waals surface area contributed by atoms with E-state index < -0.39 is 0 Å². The van der Waals surface area contributed by atoms with Crippen LogP contribution < -0.4 is 24.8 Å². The van der Waals surface area contributed by atoms with E-state index in [1.165, 1.54) is 0 Å². The Morgan fingerprint density at radius 1 is 0.829 bits per heavy atom. The molecule has 3 N–H and O–H groups in total. The van der Waals surface area contributed by atoms with Crippen LogP contribution in [0.15, 0.2) is 71.9 Å². The lowest BCUT2D eigenvalue weighted by Gasteiger charge is -2.30. The molecular formula is C28H28N2O5. The van der Waals surface area contributed by atoms with Gasteiger partial charge >= 0.3 is 0 Å². The number of benzene rings is 3. The fraction of sp³-hybridized carbons (Fsp3) is 0.250. The molecule has 3 aromatic rings. The lowest BCUT2D eigenvalue weighted by atomic mass is 9.78. The molecule has 2 aliphatic rings. The molecule has 3 aromatic carbocycles. The lowest BCUT2D eigenvalue weighted by Crippen LogP contribution is -2.26. The van der Waals surface area contributed by atoms with Gasteiger partial charge in [0, 0.05) is 17.7 Å². The molecule has 0 bridgehead atoms. The van der Waals surface area contributed by atoms with Crippen molar-refractivity contribution in [2.45, 2.75) is 24.8 Å². The maximum atomic E-state index is 13.7. The Kier molecular flexibility index (Phi) is 5.99. The second-order valence-corrected chi connectivity index (χ2v) is 8.72. The van der Waals surface area contributed by atoms with Gasteiger partial charge in [-0.1, -0.05) is 24.3 Å². The number of methoxy groups -OCH3 is 3. The summed E-state index contributed by atoms with van der Waals surface area (Å²) >= 11 is 0. The normalized spacial score (nSPS) is 19.0. The number of para-hydroxylation sites is 2. The van der Waals surface area contributed by atoms with E-state index in [4.69, 9.17) is 14.2 Å². The number of phenols is 1. The first-order valence-electron chi connectivity index (χ1n) is 11.5. The van der Waals surface area contributed by atoms with Gasteiger partial charge in [0.05, 0.1) is 38.7 Å². The van der Waals surface area contributed by atoms with Crippen LogP contribution in [0.3, 0.4) is 0 Å². The summed E-state index contributed by atoms with van der Waals surface area (Å²) in [6, 6.07) is 18.4. The summed E-state index contributed by atoms with van der Waals surface area (Å²) in [5, 5.41) is 16.9. The van der Waals surface area contributed by atoms with Crippen molar-refractivity contribution in [3.8, 4) is 23.0 Å². The fourth-order valence-corrected chi connectivity index (χ4v) is 4.98. The van der Waals surface area contributed by atoms with Crippen molar-refractivity contribution in [2.24, 2.45) is 0 Å². The number of hydrogen-bond donors (Lipinski definition) is 3. The van der Waals surface area contributed by atoms with E-state index in [2.05, 4.69) is 10.6 Å². The van der Waals surface area contributed by atoms with E-state index in [-0.39, 0.29) is 23.5 Å². The Bertz CT molecular complexity index is 1270. The highest BCUT2D eigenvalue weighted by atomic mass is 16.5. The number of rotatable bonds is 5. The molecule has 1 aliphatic carbocycles. The first-order chi connectivity index (χ1) is 17.0. The van der Waals surface area contributed by atoms with Crippen LogP contribution in [0.5, 0.6) is 23.0 Å². The van der Waals surface area contributed by atoms with Crippen molar-refractivity contribution in [1.82, 2.24) is 0 Å². The Hall–Kier alpha value is -4.13. The molecule has 0 spiro atoms. The zero-order chi connectivity index (χ0) is 24.5. The van der Waals surface area contributed by atoms with E-state index in [0.717, 1.165) is 33.8 Å². The van der Waals surface area contributed by atoms with Crippen LogP contribution in [0.2, 0.25) is 0 Å². The average Bonchev–Trinajstić information content (AvgIpc) is 3.05. The maximum absolute atomic E-state index is 13.7. The van der Waals surface area contributed by atoms with Gasteiger partial charge in [0.25, 0.3) is 0 Å². The number of carbonyl (C=O) groups is 1. The summed E-state index contributed by atoms with van der Waals surface area (Å²) in [5.41, 5.74) is 5.30. The first kappa shape index (κ1) is 22.7. The van der Waals surface area contributed by atoms with Gasteiger partial charge in [-0.2, -0.15) is 0 Å². The standard InChI is InChI=1S/C28H28N2O5/c1-33-24-14-18(15-25(34-2)28(24)35-3)17-12-22-26(23(32)13-17)27(16-8-10-19(31)11-9-16)30-21-7-5-4-6-20(21)29-22/h4-11,14-15,17,27,29-31H,12-13H2,1-3H3/t17-,27+/m1/s1. The smallest absolute Gasteiger partial charge is 0.203 e. The number of ether oxygens (including phenoxy) is 3. The number of allylic oxidation sites excluding steroid dienone is 1. The summed E-state index contributed by atoms with van der Waals surface area (Å²) < 4.78 is 16.6. The highest BCUT2D eigenvalue weighted by Crippen LogP contribution is 2.47. The van der Waals surface area contributed by atoms with Crippen LogP contribution in [0.4, 0.5) is 11.4 Å². The summed E-state index contributed by atoms with van der Waals surface area (Å²) in [4.78, 5) is 13.7. The van der Waals surface area contributed by atoms with E-state index in [1.807, 2.05) is 48.5 Å². The summed E-state index contributed by atoms with van der Waals surface area (Å²) in [6.07, 6.45) is 0.996. The molecule has 0 amide bonds. The SMILES string of the molecule is COc1cc([C@H]2CC(=O)C3=C(C2)Nc2ccccc2N[C@H]3c2ccc(O)cc2)cc(OC)c1OC. The predicted octanol–water partition coefficient (Wildman–Crippen LogP) is 5.40. The quantitative estimate of drug-likeness (QED) is 0.458. The molecule has 5 rings (SSSR count). The van der Waals surface area contributed by atoms with Gasteiger partial charge in [0.1, 0.15) is 5.75 Å².